The Balaban J connectivity index is 2.08. The van der Waals surface area contributed by atoms with Gasteiger partial charge in [0, 0.05) is 26.4 Å². The van der Waals surface area contributed by atoms with E-state index in [2.05, 4.69) is 21.2 Å². The number of non-ortho nitro benzene ring substituents is 1. The first-order valence-corrected chi connectivity index (χ1v) is 6.78. The average Bonchev–Trinajstić information content (AvgIpc) is 2.36. The maximum atomic E-state index is 10.8. The van der Waals surface area contributed by atoms with Gasteiger partial charge in [0.1, 0.15) is 0 Å². The van der Waals surface area contributed by atoms with Gasteiger partial charge in [0.15, 0.2) is 0 Å². The van der Waals surface area contributed by atoms with Gasteiger partial charge in [-0.15, -0.1) is 0 Å². The summed E-state index contributed by atoms with van der Waals surface area (Å²) in [7, 11) is 0. The Labute approximate surface area is 116 Å². The summed E-state index contributed by atoms with van der Waals surface area (Å²) < 4.78 is 0.983. The Morgan fingerprint density at radius 3 is 2.83 bits per heavy atom. The Morgan fingerprint density at radius 1 is 1.22 bits per heavy atom. The number of fused-ring (bicyclic) bond motifs is 2. The predicted molar refractivity (Wildman–Crippen MR) is 74.6 cm³/mol. The van der Waals surface area contributed by atoms with E-state index >= 15 is 0 Å². The van der Waals surface area contributed by atoms with Gasteiger partial charge in [-0.05, 0) is 34.1 Å². The number of nitro groups is 1. The Bertz CT molecular complexity index is 661. The molecule has 0 unspecified atom stereocenters. The number of nitrogens with zero attached hydrogens (tertiary/aromatic N) is 1. The average molecular weight is 323 g/mol. The molecule has 1 heterocycles. The van der Waals surface area contributed by atoms with Gasteiger partial charge in [0.25, 0.3) is 5.69 Å². The van der Waals surface area contributed by atoms with Crippen LogP contribution in [0.5, 0.6) is 0 Å². The minimum absolute atomic E-state index is 0.112. The quantitative estimate of drug-likeness (QED) is 0.527. The van der Waals surface area contributed by atoms with Gasteiger partial charge < -0.3 is 5.32 Å². The molecule has 2 aromatic carbocycles. The Morgan fingerprint density at radius 2 is 2.06 bits per heavy atom. The summed E-state index contributed by atoms with van der Waals surface area (Å²) in [4.78, 5) is 12.3. The van der Waals surface area contributed by atoms with Crippen LogP contribution in [0.1, 0.15) is 0 Å². The lowest BCUT2D eigenvalue weighted by Gasteiger charge is -2.21. The number of halogens is 1. The van der Waals surface area contributed by atoms with Crippen LogP contribution >= 0.6 is 27.7 Å². The van der Waals surface area contributed by atoms with Crippen LogP contribution in [0.25, 0.3) is 0 Å². The van der Waals surface area contributed by atoms with E-state index in [4.69, 9.17) is 0 Å². The summed E-state index contributed by atoms with van der Waals surface area (Å²) in [6.45, 7) is 0. The molecule has 0 saturated heterocycles. The van der Waals surface area contributed by atoms with E-state index in [1.165, 1.54) is 17.8 Å². The van der Waals surface area contributed by atoms with E-state index in [0.29, 0.717) is 0 Å². The van der Waals surface area contributed by atoms with Gasteiger partial charge in [-0.25, -0.2) is 0 Å². The van der Waals surface area contributed by atoms with Crippen molar-refractivity contribution in [2.45, 2.75) is 9.79 Å². The number of hydrogen-bond acceptors (Lipinski definition) is 4. The molecule has 6 heteroatoms. The van der Waals surface area contributed by atoms with Crippen LogP contribution in [0.15, 0.2) is 50.7 Å². The fourth-order valence-corrected chi connectivity index (χ4v) is 3.43. The molecule has 0 saturated carbocycles. The molecule has 1 N–H and O–H groups in total. The van der Waals surface area contributed by atoms with Crippen molar-refractivity contribution in [2.24, 2.45) is 0 Å². The minimum Gasteiger partial charge on any atom is -0.353 e. The van der Waals surface area contributed by atoms with Crippen LogP contribution in [-0.2, 0) is 0 Å². The second kappa shape index (κ2) is 4.29. The summed E-state index contributed by atoms with van der Waals surface area (Å²) in [5, 5.41) is 14.0. The molecule has 0 aromatic heterocycles. The van der Waals surface area contributed by atoms with E-state index in [1.54, 1.807) is 12.1 Å². The Hall–Kier alpha value is -1.53. The lowest BCUT2D eigenvalue weighted by molar-refractivity contribution is -0.385. The zero-order valence-electron chi connectivity index (χ0n) is 9.01. The highest BCUT2D eigenvalue weighted by Crippen LogP contribution is 2.47. The summed E-state index contributed by atoms with van der Waals surface area (Å²) in [6, 6.07) is 10.7. The molecule has 0 aliphatic carbocycles. The van der Waals surface area contributed by atoms with E-state index in [9.17, 15) is 10.1 Å². The summed E-state index contributed by atoms with van der Waals surface area (Å²) in [5.41, 5.74) is 2.01. The highest BCUT2D eigenvalue weighted by Gasteiger charge is 2.19. The van der Waals surface area contributed by atoms with Crippen LogP contribution in [0.4, 0.5) is 17.1 Å². The highest BCUT2D eigenvalue weighted by molar-refractivity contribution is 9.10. The number of benzene rings is 2. The topological polar surface area (TPSA) is 55.2 Å². The summed E-state index contributed by atoms with van der Waals surface area (Å²) >= 11 is 5.02. The maximum Gasteiger partial charge on any atom is 0.270 e. The fourth-order valence-electron chi connectivity index (χ4n) is 1.78. The van der Waals surface area contributed by atoms with E-state index in [1.807, 2.05) is 18.2 Å². The van der Waals surface area contributed by atoms with Gasteiger partial charge in [-0.3, -0.25) is 10.1 Å². The molecule has 90 valence electrons. The van der Waals surface area contributed by atoms with Gasteiger partial charge in [-0.2, -0.15) is 0 Å². The molecule has 0 spiro atoms. The zero-order valence-corrected chi connectivity index (χ0v) is 11.4. The molecule has 1 aliphatic heterocycles. The minimum atomic E-state index is -0.378. The summed E-state index contributed by atoms with van der Waals surface area (Å²) in [5.74, 6) is 0. The molecule has 0 atom stereocenters. The standard InChI is InChI=1S/C12H7BrN2O2S/c13-8-2-1-3-10-12(8)14-9-5-4-7(15(16)17)6-11(9)18-10/h1-6,14H. The zero-order chi connectivity index (χ0) is 12.7. The third-order valence-electron chi connectivity index (χ3n) is 2.63. The summed E-state index contributed by atoms with van der Waals surface area (Å²) in [6.07, 6.45) is 0. The number of nitrogens with one attached hydrogen (secondary N) is 1. The third kappa shape index (κ3) is 1.87. The largest absolute Gasteiger partial charge is 0.353 e. The first kappa shape index (κ1) is 11.6. The van der Waals surface area contributed by atoms with Crippen molar-refractivity contribution in [2.75, 3.05) is 5.32 Å². The van der Waals surface area contributed by atoms with Crippen LogP contribution in [-0.4, -0.2) is 4.92 Å². The van der Waals surface area contributed by atoms with Gasteiger partial charge in [0.05, 0.1) is 16.3 Å². The smallest absolute Gasteiger partial charge is 0.270 e. The van der Waals surface area contributed by atoms with Crippen molar-refractivity contribution in [1.82, 2.24) is 0 Å². The second-order valence-electron chi connectivity index (χ2n) is 3.78. The van der Waals surface area contributed by atoms with Crippen molar-refractivity contribution in [3.05, 3.63) is 51.0 Å². The first-order valence-electron chi connectivity index (χ1n) is 5.17. The van der Waals surface area contributed by atoms with Crippen molar-refractivity contribution in [1.29, 1.82) is 0 Å². The van der Waals surface area contributed by atoms with Gasteiger partial charge >= 0.3 is 0 Å². The van der Waals surface area contributed by atoms with Crippen molar-refractivity contribution in [3.8, 4) is 0 Å². The van der Waals surface area contributed by atoms with Crippen molar-refractivity contribution < 1.29 is 4.92 Å². The SMILES string of the molecule is O=[N+]([O-])c1ccc2c(c1)Sc1cccc(Br)c1N2. The Kier molecular flexibility index (Phi) is 2.76. The molecule has 4 nitrogen and oxygen atoms in total. The van der Waals surface area contributed by atoms with Crippen LogP contribution < -0.4 is 5.32 Å². The molecule has 2 aromatic rings. The van der Waals surface area contributed by atoms with E-state index in [0.717, 1.165) is 25.6 Å². The third-order valence-corrected chi connectivity index (χ3v) is 4.41. The van der Waals surface area contributed by atoms with E-state index < -0.39 is 0 Å². The van der Waals surface area contributed by atoms with Gasteiger partial charge in [-0.1, -0.05) is 17.8 Å². The van der Waals surface area contributed by atoms with Crippen LogP contribution in [0.2, 0.25) is 0 Å². The molecule has 3 rings (SSSR count). The van der Waals surface area contributed by atoms with Gasteiger partial charge in [0.2, 0.25) is 0 Å². The molecular weight excluding hydrogens is 316 g/mol. The molecule has 18 heavy (non-hydrogen) atoms. The van der Waals surface area contributed by atoms with Crippen molar-refractivity contribution in [3.63, 3.8) is 0 Å². The molecule has 0 fully saturated rings. The predicted octanol–water partition coefficient (Wildman–Crippen LogP) is 4.57. The van der Waals surface area contributed by atoms with Crippen LogP contribution in [0.3, 0.4) is 0 Å². The molecule has 1 aliphatic rings. The first-order chi connectivity index (χ1) is 8.65. The number of hydrogen-bond donors (Lipinski definition) is 1. The molecule has 0 amide bonds. The normalized spacial score (nSPS) is 12.3. The number of para-hydroxylation sites is 1. The van der Waals surface area contributed by atoms with Crippen molar-refractivity contribution >= 4 is 44.8 Å². The molecule has 0 bridgehead atoms. The number of nitro benzene ring substituents is 1. The van der Waals surface area contributed by atoms with Crippen LogP contribution in [0, 0.1) is 10.1 Å². The monoisotopic (exact) mass is 322 g/mol. The second-order valence-corrected chi connectivity index (χ2v) is 5.72. The number of rotatable bonds is 1. The maximum absolute atomic E-state index is 10.8. The number of anilines is 2. The lowest BCUT2D eigenvalue weighted by Crippen LogP contribution is -2.01. The highest BCUT2D eigenvalue weighted by atomic mass is 79.9. The van der Waals surface area contributed by atoms with E-state index in [-0.39, 0.29) is 10.6 Å². The molecule has 0 radical (unpaired) electrons. The molecular formula is C12H7BrN2O2S. The lowest BCUT2D eigenvalue weighted by atomic mass is 10.2. The fraction of sp³-hybridized carbons (Fsp3) is 0.